The molecule has 0 bridgehead atoms. The molecule has 2 aliphatic rings. The highest BCUT2D eigenvalue weighted by Gasteiger charge is 2.45. The molecule has 0 amide bonds. The van der Waals surface area contributed by atoms with Crippen LogP contribution in [-0.2, 0) is 33.5 Å². The van der Waals surface area contributed by atoms with Crippen molar-refractivity contribution in [1.82, 2.24) is 0 Å². The van der Waals surface area contributed by atoms with E-state index in [1.54, 1.807) is 13.0 Å². The normalized spacial score (nSPS) is 27.1. The van der Waals surface area contributed by atoms with Crippen molar-refractivity contribution in [2.45, 2.75) is 58.7 Å². The molecule has 0 aromatic heterocycles. The molecule has 8 nitrogen and oxygen atoms in total. The molecule has 4 unspecified atom stereocenters. The average Bonchev–Trinajstić information content (AvgIpc) is 2.97. The summed E-state index contributed by atoms with van der Waals surface area (Å²) >= 11 is 0. The topological polar surface area (TPSA) is 108 Å². The van der Waals surface area contributed by atoms with Crippen LogP contribution in [0, 0.1) is 11.8 Å². The molecule has 1 fully saturated rings. The average molecular weight is 422 g/mol. The van der Waals surface area contributed by atoms with Gasteiger partial charge in [-0.1, -0.05) is 26.5 Å². The molecular formula is C22H30O8. The van der Waals surface area contributed by atoms with Crippen LogP contribution in [0.25, 0.3) is 0 Å². The van der Waals surface area contributed by atoms with Gasteiger partial charge in [0.05, 0.1) is 11.8 Å². The van der Waals surface area contributed by atoms with Crippen LogP contribution in [0.4, 0.5) is 0 Å². The van der Waals surface area contributed by atoms with Gasteiger partial charge in [-0.05, 0) is 36.5 Å². The van der Waals surface area contributed by atoms with Crippen molar-refractivity contribution in [2.75, 3.05) is 13.2 Å². The minimum absolute atomic E-state index is 0.0440. The van der Waals surface area contributed by atoms with Gasteiger partial charge < -0.3 is 14.2 Å². The molecule has 30 heavy (non-hydrogen) atoms. The van der Waals surface area contributed by atoms with Crippen molar-refractivity contribution in [3.8, 4) is 0 Å². The van der Waals surface area contributed by atoms with E-state index in [1.807, 2.05) is 13.0 Å². The zero-order valence-electron chi connectivity index (χ0n) is 17.7. The standard InChI is InChI=1S/C22H30O8/c1-5-13(2)21(24)29-18-9-16(11-27-15(4)23)7-6-8-17(12-28-26)10-19-20(18)14(3)22(25)30-19/h7,10,13,18-20,26H,3,5-6,8-9,11-12H2,1-2,4H3/b16-7?,17-10-. The van der Waals surface area contributed by atoms with Gasteiger partial charge in [-0.3, -0.25) is 14.8 Å². The highest BCUT2D eigenvalue weighted by Crippen LogP contribution is 2.36. The molecule has 4 atom stereocenters. The molecule has 1 aliphatic heterocycles. The van der Waals surface area contributed by atoms with Gasteiger partial charge in [0.1, 0.15) is 25.4 Å². The number of esters is 3. The summed E-state index contributed by atoms with van der Waals surface area (Å²) in [6, 6.07) is 0. The van der Waals surface area contributed by atoms with Gasteiger partial charge in [-0.15, -0.1) is 0 Å². The van der Waals surface area contributed by atoms with Crippen molar-refractivity contribution in [3.05, 3.63) is 35.5 Å². The highest BCUT2D eigenvalue weighted by molar-refractivity contribution is 5.91. The number of ether oxygens (including phenoxy) is 3. The maximum absolute atomic E-state index is 12.6. The number of fused-ring (bicyclic) bond motifs is 1. The largest absolute Gasteiger partial charge is 0.461 e. The predicted octanol–water partition coefficient (Wildman–Crippen LogP) is 3.13. The Hall–Kier alpha value is -2.45. The van der Waals surface area contributed by atoms with Crippen LogP contribution in [0.2, 0.25) is 0 Å². The smallest absolute Gasteiger partial charge is 0.334 e. The Bertz CT molecular complexity index is 735. The first-order chi connectivity index (χ1) is 14.3. The lowest BCUT2D eigenvalue weighted by atomic mass is 9.85. The molecule has 0 saturated carbocycles. The van der Waals surface area contributed by atoms with E-state index in [2.05, 4.69) is 11.5 Å². The first kappa shape index (κ1) is 23.8. The second-order valence-electron chi connectivity index (χ2n) is 7.69. The molecule has 0 spiro atoms. The Labute approximate surface area is 176 Å². The van der Waals surface area contributed by atoms with Crippen molar-refractivity contribution in [1.29, 1.82) is 0 Å². The number of hydrogen-bond acceptors (Lipinski definition) is 8. The summed E-state index contributed by atoms with van der Waals surface area (Å²) in [6.07, 6.45) is 4.26. The van der Waals surface area contributed by atoms with Crippen LogP contribution in [0.5, 0.6) is 0 Å². The summed E-state index contributed by atoms with van der Waals surface area (Å²) in [4.78, 5) is 40.4. The van der Waals surface area contributed by atoms with E-state index in [4.69, 9.17) is 19.5 Å². The van der Waals surface area contributed by atoms with Gasteiger partial charge >= 0.3 is 17.9 Å². The molecule has 0 aromatic rings. The fourth-order valence-electron chi connectivity index (χ4n) is 3.49. The number of carbonyl (C=O) groups excluding carboxylic acids is 3. The van der Waals surface area contributed by atoms with Crippen molar-refractivity contribution < 1.29 is 38.7 Å². The molecule has 1 aliphatic carbocycles. The Morgan fingerprint density at radius 1 is 1.33 bits per heavy atom. The lowest BCUT2D eigenvalue weighted by molar-refractivity contribution is -0.234. The number of carbonyl (C=O) groups is 3. The van der Waals surface area contributed by atoms with Crippen LogP contribution in [-0.4, -0.2) is 48.6 Å². The first-order valence-corrected chi connectivity index (χ1v) is 10.1. The Morgan fingerprint density at radius 3 is 2.70 bits per heavy atom. The zero-order chi connectivity index (χ0) is 22.3. The number of allylic oxidation sites excluding steroid dienone is 1. The summed E-state index contributed by atoms with van der Waals surface area (Å²) in [7, 11) is 0. The van der Waals surface area contributed by atoms with Crippen molar-refractivity contribution in [2.24, 2.45) is 11.8 Å². The monoisotopic (exact) mass is 422 g/mol. The molecule has 1 N–H and O–H groups in total. The summed E-state index contributed by atoms with van der Waals surface area (Å²) < 4.78 is 16.4. The van der Waals surface area contributed by atoms with Crippen LogP contribution in [0.15, 0.2) is 35.5 Å². The van der Waals surface area contributed by atoms with Gasteiger partial charge in [0.15, 0.2) is 0 Å². The Balaban J connectivity index is 2.41. The van der Waals surface area contributed by atoms with E-state index in [0.29, 0.717) is 19.3 Å². The summed E-state index contributed by atoms with van der Waals surface area (Å²) in [5.74, 6) is -2.25. The fourth-order valence-corrected chi connectivity index (χ4v) is 3.49. The van der Waals surface area contributed by atoms with Crippen LogP contribution >= 0.6 is 0 Å². The fraction of sp³-hybridized carbons (Fsp3) is 0.591. The third kappa shape index (κ3) is 6.27. The Kier molecular flexibility index (Phi) is 8.80. The van der Waals surface area contributed by atoms with E-state index < -0.39 is 30.1 Å². The predicted molar refractivity (Wildman–Crippen MR) is 107 cm³/mol. The van der Waals surface area contributed by atoms with Crippen LogP contribution < -0.4 is 0 Å². The molecule has 1 heterocycles. The van der Waals surface area contributed by atoms with Crippen LogP contribution in [0.3, 0.4) is 0 Å². The molecular weight excluding hydrogens is 392 g/mol. The molecule has 0 radical (unpaired) electrons. The third-order valence-electron chi connectivity index (χ3n) is 5.42. The second kappa shape index (κ2) is 11.1. The van der Waals surface area contributed by atoms with E-state index in [1.165, 1.54) is 6.92 Å². The minimum Gasteiger partial charge on any atom is -0.461 e. The van der Waals surface area contributed by atoms with Crippen LogP contribution in [0.1, 0.15) is 46.5 Å². The minimum atomic E-state index is -0.720. The second-order valence-corrected chi connectivity index (χ2v) is 7.69. The number of rotatable bonds is 7. The highest BCUT2D eigenvalue weighted by atomic mass is 17.1. The maximum Gasteiger partial charge on any atom is 0.334 e. The molecule has 166 valence electrons. The van der Waals surface area contributed by atoms with Gasteiger partial charge in [0, 0.05) is 18.9 Å². The lowest BCUT2D eigenvalue weighted by Gasteiger charge is -2.29. The van der Waals surface area contributed by atoms with E-state index in [0.717, 1.165) is 11.1 Å². The van der Waals surface area contributed by atoms with E-state index >= 15 is 0 Å². The van der Waals surface area contributed by atoms with Gasteiger partial charge in [0.25, 0.3) is 0 Å². The summed E-state index contributed by atoms with van der Waals surface area (Å²) in [5.41, 5.74) is 1.71. The zero-order valence-corrected chi connectivity index (χ0v) is 17.7. The van der Waals surface area contributed by atoms with Gasteiger partial charge in [0.2, 0.25) is 0 Å². The maximum atomic E-state index is 12.6. The van der Waals surface area contributed by atoms with E-state index in [-0.39, 0.29) is 37.1 Å². The molecule has 0 aromatic carbocycles. The lowest BCUT2D eigenvalue weighted by Crippen LogP contribution is -2.35. The van der Waals surface area contributed by atoms with Gasteiger partial charge in [-0.2, -0.15) is 0 Å². The SMILES string of the molecule is C=C1C(=O)OC2/C=C(\COO)CCC=C(COC(C)=O)CC(OC(=O)C(C)CC)C12. The molecule has 1 saturated heterocycles. The summed E-state index contributed by atoms with van der Waals surface area (Å²) in [5, 5.41) is 8.90. The molecule has 2 rings (SSSR count). The van der Waals surface area contributed by atoms with E-state index in [9.17, 15) is 14.4 Å². The molecule has 8 heteroatoms. The third-order valence-corrected chi connectivity index (χ3v) is 5.42. The van der Waals surface area contributed by atoms with Crippen molar-refractivity contribution >= 4 is 17.9 Å². The van der Waals surface area contributed by atoms with Crippen molar-refractivity contribution in [3.63, 3.8) is 0 Å². The summed E-state index contributed by atoms with van der Waals surface area (Å²) in [6.45, 7) is 8.86. The van der Waals surface area contributed by atoms with Gasteiger partial charge in [-0.25, -0.2) is 9.68 Å². The first-order valence-electron chi connectivity index (χ1n) is 10.1. The quantitative estimate of drug-likeness (QED) is 0.166. The number of hydrogen-bond donors (Lipinski definition) is 1. The Morgan fingerprint density at radius 2 is 2.07 bits per heavy atom.